The van der Waals surface area contributed by atoms with Crippen LogP contribution in [-0.4, -0.2) is 47.9 Å². The third-order valence-corrected chi connectivity index (χ3v) is 5.15. The number of rotatable bonds is 10. The molecular weight excluding hydrogens is 458 g/mol. The molecule has 3 amide bonds. The Morgan fingerprint density at radius 3 is 2.00 bits per heavy atom. The van der Waals surface area contributed by atoms with Crippen LogP contribution in [0.1, 0.15) is 78.7 Å². The molecule has 0 fully saturated rings. The maximum absolute atomic E-state index is 13.0. The van der Waals surface area contributed by atoms with Crippen molar-refractivity contribution in [1.82, 2.24) is 16.0 Å². The Morgan fingerprint density at radius 2 is 1.44 bits per heavy atom. The molecule has 0 heterocycles. The molecule has 1 aromatic carbocycles. The molecule has 1 unspecified atom stereocenters. The molecule has 0 saturated carbocycles. The van der Waals surface area contributed by atoms with Gasteiger partial charge >= 0.3 is 12.2 Å². The first-order chi connectivity index (χ1) is 15.7. The van der Waals surface area contributed by atoms with Gasteiger partial charge in [-0.25, -0.2) is 9.59 Å². The normalized spacial score (nSPS) is 14.4. The van der Waals surface area contributed by atoms with Crippen molar-refractivity contribution >= 4 is 29.7 Å². The lowest BCUT2D eigenvalue weighted by atomic mass is 10.0. The van der Waals surface area contributed by atoms with Crippen LogP contribution in [-0.2, 0) is 14.3 Å². The second-order valence-electron chi connectivity index (χ2n) is 10.2. The second-order valence-corrected chi connectivity index (χ2v) is 10.7. The maximum atomic E-state index is 13.0. The summed E-state index contributed by atoms with van der Waals surface area (Å²) < 4.78 is 10.5. The van der Waals surface area contributed by atoms with Crippen molar-refractivity contribution in [3.63, 3.8) is 0 Å². The van der Waals surface area contributed by atoms with E-state index in [-0.39, 0.29) is 11.9 Å². The van der Waals surface area contributed by atoms with Crippen LogP contribution < -0.4 is 16.0 Å². The molecule has 3 atom stereocenters. The highest BCUT2D eigenvalue weighted by Crippen LogP contribution is 2.24. The molecule has 34 heavy (non-hydrogen) atoms. The van der Waals surface area contributed by atoms with Gasteiger partial charge in [-0.1, -0.05) is 30.3 Å². The number of carbonyl (C=O) groups is 3. The summed E-state index contributed by atoms with van der Waals surface area (Å²) in [5, 5.41) is 7.82. The van der Waals surface area contributed by atoms with Crippen LogP contribution in [0.4, 0.5) is 9.59 Å². The quantitative estimate of drug-likeness (QED) is 0.309. The zero-order valence-electron chi connectivity index (χ0n) is 21.4. The molecule has 9 heteroatoms. The van der Waals surface area contributed by atoms with Gasteiger partial charge in [-0.05, 0) is 73.3 Å². The minimum Gasteiger partial charge on any atom is -0.444 e. The van der Waals surface area contributed by atoms with Gasteiger partial charge < -0.3 is 25.4 Å². The predicted molar refractivity (Wildman–Crippen MR) is 134 cm³/mol. The van der Waals surface area contributed by atoms with Crippen LogP contribution in [0.25, 0.3) is 0 Å². The van der Waals surface area contributed by atoms with Gasteiger partial charge in [0, 0.05) is 12.6 Å². The van der Waals surface area contributed by atoms with Gasteiger partial charge in [-0.3, -0.25) is 4.79 Å². The van der Waals surface area contributed by atoms with Crippen molar-refractivity contribution in [3.8, 4) is 0 Å². The van der Waals surface area contributed by atoms with E-state index >= 15 is 0 Å². The fraction of sp³-hybridized carbons (Fsp3) is 0.640. The minimum atomic E-state index is -0.807. The van der Waals surface area contributed by atoms with Gasteiger partial charge in [0.15, 0.2) is 0 Å². The number of ether oxygens (including phenoxy) is 2. The van der Waals surface area contributed by atoms with Crippen molar-refractivity contribution in [1.29, 1.82) is 0 Å². The van der Waals surface area contributed by atoms with Gasteiger partial charge in [-0.15, -0.1) is 11.6 Å². The number of alkyl halides is 1. The van der Waals surface area contributed by atoms with E-state index in [0.29, 0.717) is 25.8 Å². The molecule has 192 valence electrons. The SMILES string of the molecule is C[C@H](NC(=O)[C@H](CCCCNC(=O)OC(C)(C)C)NC(=O)OC(C)(C)C)C(Cl)c1ccccc1. The van der Waals surface area contributed by atoms with Crippen molar-refractivity contribution in [2.24, 2.45) is 0 Å². The Kier molecular flexibility index (Phi) is 11.7. The molecule has 0 aliphatic carbocycles. The zero-order chi connectivity index (χ0) is 25.9. The largest absolute Gasteiger partial charge is 0.444 e. The molecule has 0 saturated heterocycles. The Balaban J connectivity index is 2.67. The van der Waals surface area contributed by atoms with Gasteiger partial charge in [0.25, 0.3) is 0 Å². The Hall–Kier alpha value is -2.48. The average molecular weight is 498 g/mol. The highest BCUT2D eigenvalue weighted by molar-refractivity contribution is 6.21. The number of benzene rings is 1. The number of hydrogen-bond donors (Lipinski definition) is 3. The van der Waals surface area contributed by atoms with Crippen molar-refractivity contribution in [2.75, 3.05) is 6.54 Å². The third kappa shape index (κ3) is 12.7. The molecule has 0 aliphatic heterocycles. The first kappa shape index (κ1) is 29.6. The molecule has 0 aromatic heterocycles. The predicted octanol–water partition coefficient (Wildman–Crippen LogP) is 5.06. The third-order valence-electron chi connectivity index (χ3n) is 4.52. The lowest BCUT2D eigenvalue weighted by molar-refractivity contribution is -0.124. The summed E-state index contributed by atoms with van der Waals surface area (Å²) in [7, 11) is 0. The number of unbranched alkanes of at least 4 members (excludes halogenated alkanes) is 1. The fourth-order valence-electron chi connectivity index (χ4n) is 3.02. The first-order valence-electron chi connectivity index (χ1n) is 11.6. The van der Waals surface area contributed by atoms with Gasteiger partial charge in [-0.2, -0.15) is 0 Å². The molecule has 3 N–H and O–H groups in total. The molecule has 1 aromatic rings. The van der Waals surface area contributed by atoms with Crippen molar-refractivity contribution in [3.05, 3.63) is 35.9 Å². The van der Waals surface area contributed by atoms with E-state index in [2.05, 4.69) is 16.0 Å². The van der Waals surface area contributed by atoms with Gasteiger partial charge in [0.2, 0.25) is 5.91 Å². The lowest BCUT2D eigenvalue weighted by Crippen LogP contribution is -2.50. The molecule has 0 spiro atoms. The van der Waals surface area contributed by atoms with Gasteiger partial charge in [0.05, 0.1) is 5.38 Å². The van der Waals surface area contributed by atoms with Crippen molar-refractivity contribution < 1.29 is 23.9 Å². The summed E-state index contributed by atoms with van der Waals surface area (Å²) in [4.78, 5) is 37.1. The summed E-state index contributed by atoms with van der Waals surface area (Å²) in [6.45, 7) is 12.9. The van der Waals surface area contributed by atoms with Crippen LogP contribution in [0.15, 0.2) is 30.3 Å². The highest BCUT2D eigenvalue weighted by Gasteiger charge is 2.27. The number of hydrogen-bond acceptors (Lipinski definition) is 5. The Bertz CT molecular complexity index is 790. The molecule has 8 nitrogen and oxygen atoms in total. The minimum absolute atomic E-state index is 0.347. The monoisotopic (exact) mass is 497 g/mol. The summed E-state index contributed by atoms with van der Waals surface area (Å²) in [6.07, 6.45) is 0.401. The van der Waals surface area contributed by atoms with E-state index in [1.165, 1.54) is 0 Å². The van der Waals surface area contributed by atoms with Crippen molar-refractivity contribution in [2.45, 2.75) is 96.4 Å². The maximum Gasteiger partial charge on any atom is 0.408 e. The van der Waals surface area contributed by atoms with E-state index in [9.17, 15) is 14.4 Å². The summed E-state index contributed by atoms with van der Waals surface area (Å²) in [5.74, 6) is -0.347. The smallest absolute Gasteiger partial charge is 0.408 e. The number of amides is 3. The summed E-state index contributed by atoms with van der Waals surface area (Å²) in [5.41, 5.74) is -0.368. The second kappa shape index (κ2) is 13.4. The lowest BCUT2D eigenvalue weighted by Gasteiger charge is -2.26. The standard InChI is InChI=1S/C25H40ClN3O5/c1-17(20(26)18-13-9-8-10-14-18)28-21(30)19(29-23(32)34-25(5,6)7)15-11-12-16-27-22(31)33-24(2,3)4/h8-10,13-14,17,19-20H,11-12,15-16H2,1-7H3,(H,27,31)(H,28,30)(H,29,32)/t17-,19-,20?/m0/s1. The van der Waals surface area contributed by atoms with E-state index in [1.807, 2.05) is 37.3 Å². The van der Waals surface area contributed by atoms with Crippen LogP contribution in [0.5, 0.6) is 0 Å². The van der Waals surface area contributed by atoms with E-state index in [0.717, 1.165) is 5.56 Å². The molecular formula is C25H40ClN3O5. The zero-order valence-corrected chi connectivity index (χ0v) is 22.1. The fourth-order valence-corrected chi connectivity index (χ4v) is 3.23. The number of nitrogens with one attached hydrogen (secondary N) is 3. The van der Waals surface area contributed by atoms with E-state index in [4.69, 9.17) is 21.1 Å². The number of alkyl carbamates (subject to hydrolysis) is 2. The number of carbonyl (C=O) groups excluding carboxylic acids is 3. The van der Waals surface area contributed by atoms with E-state index in [1.54, 1.807) is 41.5 Å². The average Bonchev–Trinajstić information content (AvgIpc) is 2.69. The topological polar surface area (TPSA) is 106 Å². The summed E-state index contributed by atoms with van der Waals surface area (Å²) in [6, 6.07) is 8.29. The Labute approximate surface area is 208 Å². The van der Waals surface area contributed by atoms with Crippen LogP contribution in [0, 0.1) is 0 Å². The molecule has 1 rings (SSSR count). The first-order valence-corrected chi connectivity index (χ1v) is 12.1. The van der Waals surface area contributed by atoms with Crippen LogP contribution in [0.3, 0.4) is 0 Å². The summed E-state index contributed by atoms with van der Waals surface area (Å²) >= 11 is 6.54. The number of halogens is 1. The highest BCUT2D eigenvalue weighted by atomic mass is 35.5. The molecule has 0 aliphatic rings. The molecule has 0 bridgehead atoms. The van der Waals surface area contributed by atoms with Crippen LogP contribution >= 0.6 is 11.6 Å². The Morgan fingerprint density at radius 1 is 0.882 bits per heavy atom. The molecule has 0 radical (unpaired) electrons. The van der Waals surface area contributed by atoms with Crippen LogP contribution in [0.2, 0.25) is 0 Å². The van der Waals surface area contributed by atoms with E-state index < -0.39 is 34.8 Å². The van der Waals surface area contributed by atoms with Gasteiger partial charge in [0.1, 0.15) is 17.2 Å².